The van der Waals surface area contributed by atoms with E-state index in [0.29, 0.717) is 30.9 Å². The van der Waals surface area contributed by atoms with Gasteiger partial charge in [-0.25, -0.2) is 9.78 Å². The standard InChI is InChI=1S/C20H20N2O4S/c1-12-11-15(14-6-4-10-25-14)26-20(24)18(12)19(23)21-9-8-17-22-13-5-2-3-7-16(13)27-17/h2-3,5,7,11,14H,4,6,8-10H2,1H3,(H,21,23). The number of hydrogen-bond donors (Lipinski definition) is 1. The van der Waals surface area contributed by atoms with E-state index in [2.05, 4.69) is 10.3 Å². The van der Waals surface area contributed by atoms with Crippen LogP contribution in [0.3, 0.4) is 0 Å². The number of benzene rings is 1. The molecule has 6 nitrogen and oxygen atoms in total. The third kappa shape index (κ3) is 3.79. The van der Waals surface area contributed by atoms with Gasteiger partial charge in [0.1, 0.15) is 17.4 Å². The Morgan fingerprint density at radius 1 is 1.37 bits per heavy atom. The minimum Gasteiger partial charge on any atom is -0.424 e. The van der Waals surface area contributed by atoms with E-state index in [4.69, 9.17) is 9.15 Å². The average molecular weight is 384 g/mol. The normalized spacial score (nSPS) is 16.7. The highest BCUT2D eigenvalue weighted by Gasteiger charge is 2.24. The van der Waals surface area contributed by atoms with Crippen LogP contribution in [0.1, 0.15) is 45.6 Å². The molecule has 1 aromatic carbocycles. The number of nitrogens with zero attached hydrogens (tertiary/aromatic N) is 1. The number of ether oxygens (including phenoxy) is 1. The zero-order chi connectivity index (χ0) is 18.8. The van der Waals surface area contributed by atoms with Crippen LogP contribution in [0.15, 0.2) is 39.5 Å². The van der Waals surface area contributed by atoms with E-state index in [-0.39, 0.29) is 11.7 Å². The number of amides is 1. The van der Waals surface area contributed by atoms with Crippen molar-refractivity contribution in [3.63, 3.8) is 0 Å². The highest BCUT2D eigenvalue weighted by atomic mass is 32.1. The number of aryl methyl sites for hydroxylation is 1. The van der Waals surface area contributed by atoms with Crippen LogP contribution < -0.4 is 10.9 Å². The van der Waals surface area contributed by atoms with Gasteiger partial charge < -0.3 is 14.5 Å². The SMILES string of the molecule is Cc1cc(C2CCCO2)oc(=O)c1C(=O)NCCc1nc2ccccc2s1. The maximum Gasteiger partial charge on any atom is 0.349 e. The molecule has 1 fully saturated rings. The van der Waals surface area contributed by atoms with Gasteiger partial charge in [-0.3, -0.25) is 4.79 Å². The largest absolute Gasteiger partial charge is 0.424 e. The van der Waals surface area contributed by atoms with Crippen LogP contribution in [0, 0.1) is 6.92 Å². The van der Waals surface area contributed by atoms with Crippen molar-refractivity contribution in [2.45, 2.75) is 32.3 Å². The number of fused-ring (bicyclic) bond motifs is 1. The van der Waals surface area contributed by atoms with Crippen molar-refractivity contribution < 1.29 is 13.9 Å². The maximum atomic E-state index is 12.5. The molecule has 1 unspecified atom stereocenters. The molecule has 0 spiro atoms. The molecule has 0 radical (unpaired) electrons. The quantitative estimate of drug-likeness (QED) is 0.729. The van der Waals surface area contributed by atoms with Crippen LogP contribution in [0.4, 0.5) is 0 Å². The second-order valence-corrected chi connectivity index (χ2v) is 7.69. The Bertz CT molecular complexity index is 1000. The topological polar surface area (TPSA) is 81.4 Å². The Kier molecular flexibility index (Phi) is 5.05. The molecule has 1 amide bonds. The first-order chi connectivity index (χ1) is 13.1. The van der Waals surface area contributed by atoms with Gasteiger partial charge in [0, 0.05) is 19.6 Å². The van der Waals surface area contributed by atoms with E-state index in [0.717, 1.165) is 28.1 Å². The molecule has 140 valence electrons. The lowest BCUT2D eigenvalue weighted by molar-refractivity contribution is 0.0883. The predicted octanol–water partition coefficient (Wildman–Crippen LogP) is 3.38. The Balaban J connectivity index is 1.42. The van der Waals surface area contributed by atoms with Crippen molar-refractivity contribution in [1.82, 2.24) is 10.3 Å². The molecule has 0 saturated carbocycles. The fraction of sp³-hybridized carbons (Fsp3) is 0.350. The van der Waals surface area contributed by atoms with Crippen molar-refractivity contribution >= 4 is 27.5 Å². The van der Waals surface area contributed by atoms with E-state index in [1.807, 2.05) is 24.3 Å². The minimum absolute atomic E-state index is 0.0565. The molecule has 1 atom stereocenters. The van der Waals surface area contributed by atoms with E-state index in [1.54, 1.807) is 24.3 Å². The second kappa shape index (κ2) is 7.62. The molecule has 7 heteroatoms. The third-order valence-electron chi connectivity index (χ3n) is 4.60. The number of carbonyl (C=O) groups excluding carboxylic acids is 1. The second-order valence-electron chi connectivity index (χ2n) is 6.58. The van der Waals surface area contributed by atoms with Crippen LogP contribution in [-0.4, -0.2) is 24.0 Å². The summed E-state index contributed by atoms with van der Waals surface area (Å²) in [6, 6.07) is 9.67. The summed E-state index contributed by atoms with van der Waals surface area (Å²) < 4.78 is 12.0. The van der Waals surface area contributed by atoms with Crippen LogP contribution in [0.5, 0.6) is 0 Å². The monoisotopic (exact) mass is 384 g/mol. The average Bonchev–Trinajstić information content (AvgIpc) is 3.30. The number of rotatable bonds is 5. The first kappa shape index (κ1) is 17.9. The zero-order valence-corrected chi connectivity index (χ0v) is 15.8. The van der Waals surface area contributed by atoms with Gasteiger partial charge in [-0.1, -0.05) is 12.1 Å². The van der Waals surface area contributed by atoms with Gasteiger partial charge in [-0.15, -0.1) is 11.3 Å². The molecule has 3 heterocycles. The molecule has 3 aromatic rings. The van der Waals surface area contributed by atoms with E-state index in [1.165, 1.54) is 0 Å². The van der Waals surface area contributed by atoms with Gasteiger partial charge in [-0.05, 0) is 43.5 Å². The van der Waals surface area contributed by atoms with Crippen molar-refractivity contribution in [1.29, 1.82) is 0 Å². The zero-order valence-electron chi connectivity index (χ0n) is 15.0. The van der Waals surface area contributed by atoms with Gasteiger partial charge in [0.2, 0.25) is 0 Å². The van der Waals surface area contributed by atoms with E-state index >= 15 is 0 Å². The summed E-state index contributed by atoms with van der Waals surface area (Å²) in [7, 11) is 0. The fourth-order valence-corrected chi connectivity index (χ4v) is 4.23. The van der Waals surface area contributed by atoms with Crippen molar-refractivity contribution in [2.24, 2.45) is 0 Å². The molecule has 4 rings (SSSR count). The number of para-hydroxylation sites is 1. The summed E-state index contributed by atoms with van der Waals surface area (Å²) in [4.78, 5) is 29.3. The van der Waals surface area contributed by atoms with Crippen molar-refractivity contribution in [2.75, 3.05) is 13.2 Å². The van der Waals surface area contributed by atoms with Gasteiger partial charge in [0.15, 0.2) is 0 Å². The highest BCUT2D eigenvalue weighted by molar-refractivity contribution is 7.18. The summed E-state index contributed by atoms with van der Waals surface area (Å²) in [5.74, 6) is 0.0854. The van der Waals surface area contributed by atoms with Gasteiger partial charge in [0.05, 0.1) is 15.2 Å². The molecule has 1 saturated heterocycles. The number of thiazole rings is 1. The summed E-state index contributed by atoms with van der Waals surface area (Å²) in [5, 5.41) is 3.75. The number of nitrogens with one attached hydrogen (secondary N) is 1. The number of aromatic nitrogens is 1. The Morgan fingerprint density at radius 2 is 2.22 bits per heavy atom. The molecule has 2 aromatic heterocycles. The summed E-state index contributed by atoms with van der Waals surface area (Å²) in [5.41, 5.74) is 1.01. The molecular weight excluding hydrogens is 364 g/mol. The van der Waals surface area contributed by atoms with Gasteiger partial charge in [0.25, 0.3) is 5.91 Å². The van der Waals surface area contributed by atoms with Crippen LogP contribution in [0.25, 0.3) is 10.2 Å². The maximum absolute atomic E-state index is 12.5. The van der Waals surface area contributed by atoms with Crippen molar-refractivity contribution in [3.05, 3.63) is 62.6 Å². The predicted molar refractivity (Wildman–Crippen MR) is 103 cm³/mol. The van der Waals surface area contributed by atoms with Crippen LogP contribution in [-0.2, 0) is 11.2 Å². The lowest BCUT2D eigenvalue weighted by Crippen LogP contribution is -2.31. The molecule has 0 aliphatic carbocycles. The highest BCUT2D eigenvalue weighted by Crippen LogP contribution is 2.28. The van der Waals surface area contributed by atoms with Gasteiger partial charge in [-0.2, -0.15) is 0 Å². The first-order valence-corrected chi connectivity index (χ1v) is 9.82. The molecule has 1 N–H and O–H groups in total. The van der Waals surface area contributed by atoms with Crippen molar-refractivity contribution in [3.8, 4) is 0 Å². The number of hydrogen-bond acceptors (Lipinski definition) is 6. The number of carbonyl (C=O) groups is 1. The smallest absolute Gasteiger partial charge is 0.349 e. The Morgan fingerprint density at radius 3 is 2.96 bits per heavy atom. The van der Waals surface area contributed by atoms with E-state index < -0.39 is 11.5 Å². The summed E-state index contributed by atoms with van der Waals surface area (Å²) in [6.45, 7) is 2.82. The first-order valence-electron chi connectivity index (χ1n) is 9.01. The lowest BCUT2D eigenvalue weighted by Gasteiger charge is -2.11. The third-order valence-corrected chi connectivity index (χ3v) is 5.70. The van der Waals surface area contributed by atoms with Crippen LogP contribution in [0.2, 0.25) is 0 Å². The molecule has 1 aliphatic rings. The summed E-state index contributed by atoms with van der Waals surface area (Å²) >= 11 is 1.61. The summed E-state index contributed by atoms with van der Waals surface area (Å²) in [6.07, 6.45) is 2.20. The molecule has 1 aliphatic heterocycles. The van der Waals surface area contributed by atoms with Crippen LogP contribution >= 0.6 is 11.3 Å². The lowest BCUT2D eigenvalue weighted by atomic mass is 10.1. The Labute approximate surface area is 160 Å². The van der Waals surface area contributed by atoms with Gasteiger partial charge >= 0.3 is 5.63 Å². The molecular formula is C20H20N2O4S. The molecule has 0 bridgehead atoms. The fourth-order valence-electron chi connectivity index (χ4n) is 3.26. The molecule has 27 heavy (non-hydrogen) atoms. The van der Waals surface area contributed by atoms with E-state index in [9.17, 15) is 9.59 Å². The Hall–Kier alpha value is -2.51. The minimum atomic E-state index is -0.613.